The third-order valence-electron chi connectivity index (χ3n) is 2.66. The molecule has 94 valence electrons. The lowest BCUT2D eigenvalue weighted by atomic mass is 10.2. The molecule has 0 aliphatic heterocycles. The number of nitrogens with zero attached hydrogens (tertiary/aromatic N) is 1. The summed E-state index contributed by atoms with van der Waals surface area (Å²) in [5, 5.41) is 3.34. The van der Waals surface area contributed by atoms with Gasteiger partial charge in [-0.25, -0.2) is 0 Å². The molecule has 0 unspecified atom stereocenters. The van der Waals surface area contributed by atoms with E-state index in [4.69, 9.17) is 5.73 Å². The summed E-state index contributed by atoms with van der Waals surface area (Å²) in [6, 6.07) is 14.2. The highest BCUT2D eigenvalue weighted by Crippen LogP contribution is 2.26. The molecular weight excluding hydrogens is 337 g/mol. The topological polar surface area (TPSA) is 41.3 Å². The summed E-state index contributed by atoms with van der Waals surface area (Å²) in [6.45, 7) is 0. The number of hydrogen-bond donors (Lipinski definition) is 2. The zero-order valence-corrected chi connectivity index (χ0v) is 12.6. The Morgan fingerprint density at radius 1 is 1.11 bits per heavy atom. The third kappa shape index (κ3) is 3.07. The molecule has 0 saturated carbocycles. The third-order valence-corrected chi connectivity index (χ3v) is 3.33. The Morgan fingerprint density at radius 3 is 2.56 bits per heavy atom. The fourth-order valence-electron chi connectivity index (χ4n) is 1.66. The van der Waals surface area contributed by atoms with Crippen LogP contribution in [0.1, 0.15) is 0 Å². The van der Waals surface area contributed by atoms with Gasteiger partial charge in [0.1, 0.15) is 0 Å². The number of nitrogen functional groups attached to an aromatic ring is 1. The van der Waals surface area contributed by atoms with Crippen molar-refractivity contribution in [3.63, 3.8) is 0 Å². The molecule has 2 aromatic carbocycles. The summed E-state index contributed by atoms with van der Waals surface area (Å²) in [7, 11) is 4.05. The average molecular weight is 353 g/mol. The highest BCUT2D eigenvalue weighted by molar-refractivity contribution is 14.1. The summed E-state index contributed by atoms with van der Waals surface area (Å²) < 4.78 is 1.14. The molecule has 0 bridgehead atoms. The van der Waals surface area contributed by atoms with Gasteiger partial charge in [0.25, 0.3) is 0 Å². The average Bonchev–Trinajstić information content (AvgIpc) is 2.33. The van der Waals surface area contributed by atoms with Crippen molar-refractivity contribution >= 4 is 45.3 Å². The van der Waals surface area contributed by atoms with E-state index in [2.05, 4.69) is 44.9 Å². The molecule has 0 saturated heterocycles. The van der Waals surface area contributed by atoms with Crippen molar-refractivity contribution < 1.29 is 0 Å². The molecule has 0 aliphatic rings. The lowest BCUT2D eigenvalue weighted by Crippen LogP contribution is -2.08. The molecular formula is C14H16IN3. The van der Waals surface area contributed by atoms with E-state index in [1.165, 1.54) is 0 Å². The zero-order valence-electron chi connectivity index (χ0n) is 10.4. The van der Waals surface area contributed by atoms with Crippen LogP contribution in [0.25, 0.3) is 0 Å². The second-order valence-electron chi connectivity index (χ2n) is 4.30. The van der Waals surface area contributed by atoms with Crippen molar-refractivity contribution in [2.24, 2.45) is 0 Å². The van der Waals surface area contributed by atoms with Gasteiger partial charge in [-0.15, -0.1) is 0 Å². The van der Waals surface area contributed by atoms with Crippen LogP contribution in [0.4, 0.5) is 22.7 Å². The van der Waals surface area contributed by atoms with Crippen LogP contribution in [0, 0.1) is 3.57 Å². The van der Waals surface area contributed by atoms with Crippen LogP contribution in [-0.2, 0) is 0 Å². The molecule has 4 heteroatoms. The van der Waals surface area contributed by atoms with E-state index in [0.717, 1.165) is 26.3 Å². The predicted octanol–water partition coefficient (Wildman–Crippen LogP) is 3.68. The van der Waals surface area contributed by atoms with Crippen LogP contribution in [0.5, 0.6) is 0 Å². The standard InChI is InChI=1S/C14H16IN3/c1-18(2)12-5-3-4-11(9-12)17-14-7-6-10(15)8-13(14)16/h3-9,17H,16H2,1-2H3. The van der Waals surface area contributed by atoms with Crippen LogP contribution in [0.3, 0.4) is 0 Å². The first-order valence-electron chi connectivity index (χ1n) is 5.66. The van der Waals surface area contributed by atoms with Gasteiger partial charge in [-0.2, -0.15) is 0 Å². The van der Waals surface area contributed by atoms with E-state index < -0.39 is 0 Å². The van der Waals surface area contributed by atoms with Crippen LogP contribution >= 0.6 is 22.6 Å². The number of nitrogens with one attached hydrogen (secondary N) is 1. The molecule has 2 rings (SSSR count). The molecule has 0 radical (unpaired) electrons. The van der Waals surface area contributed by atoms with E-state index in [-0.39, 0.29) is 0 Å². The zero-order chi connectivity index (χ0) is 13.1. The number of nitrogens with two attached hydrogens (primary N) is 1. The Kier molecular flexibility index (Phi) is 3.96. The normalized spacial score (nSPS) is 10.2. The molecule has 0 aromatic heterocycles. The first-order chi connectivity index (χ1) is 8.56. The quantitative estimate of drug-likeness (QED) is 0.653. The van der Waals surface area contributed by atoms with E-state index >= 15 is 0 Å². The van der Waals surface area contributed by atoms with E-state index in [1.54, 1.807) is 0 Å². The maximum atomic E-state index is 5.99. The van der Waals surface area contributed by atoms with Crippen LogP contribution < -0.4 is 16.0 Å². The fourth-order valence-corrected chi connectivity index (χ4v) is 2.18. The van der Waals surface area contributed by atoms with Crippen molar-refractivity contribution in [3.05, 3.63) is 46.0 Å². The van der Waals surface area contributed by atoms with Crippen LogP contribution in [0.2, 0.25) is 0 Å². The summed E-state index contributed by atoms with van der Waals surface area (Å²) in [6.07, 6.45) is 0. The second kappa shape index (κ2) is 5.48. The highest BCUT2D eigenvalue weighted by atomic mass is 127. The minimum atomic E-state index is 0.761. The van der Waals surface area contributed by atoms with Gasteiger partial charge in [-0.3, -0.25) is 0 Å². The van der Waals surface area contributed by atoms with Gasteiger partial charge in [0.15, 0.2) is 0 Å². The maximum Gasteiger partial charge on any atom is 0.0618 e. The van der Waals surface area contributed by atoms with Crippen molar-refractivity contribution in [2.75, 3.05) is 30.0 Å². The first-order valence-corrected chi connectivity index (χ1v) is 6.73. The summed E-state index contributed by atoms with van der Waals surface area (Å²) >= 11 is 2.25. The summed E-state index contributed by atoms with van der Waals surface area (Å²) in [5.41, 5.74) is 9.88. The van der Waals surface area contributed by atoms with Gasteiger partial charge in [0, 0.05) is 29.0 Å². The Bertz CT molecular complexity index is 552. The minimum Gasteiger partial charge on any atom is -0.397 e. The Labute approximate surface area is 121 Å². The van der Waals surface area contributed by atoms with Crippen molar-refractivity contribution in [1.29, 1.82) is 0 Å². The number of rotatable bonds is 3. The molecule has 2 aromatic rings. The van der Waals surface area contributed by atoms with E-state index in [0.29, 0.717) is 0 Å². The Balaban J connectivity index is 2.25. The SMILES string of the molecule is CN(C)c1cccc(Nc2ccc(I)cc2N)c1. The smallest absolute Gasteiger partial charge is 0.0618 e. The maximum absolute atomic E-state index is 5.99. The van der Waals surface area contributed by atoms with Crippen LogP contribution in [-0.4, -0.2) is 14.1 Å². The molecule has 0 spiro atoms. The Hall–Kier alpha value is -1.43. The second-order valence-corrected chi connectivity index (χ2v) is 5.55. The Morgan fingerprint density at radius 2 is 1.89 bits per heavy atom. The van der Waals surface area contributed by atoms with Crippen LogP contribution in [0.15, 0.2) is 42.5 Å². The van der Waals surface area contributed by atoms with Gasteiger partial charge in [0.05, 0.1) is 11.4 Å². The number of anilines is 4. The molecule has 3 N–H and O–H groups in total. The summed E-state index contributed by atoms with van der Waals surface area (Å²) in [5.74, 6) is 0. The molecule has 0 aliphatic carbocycles. The monoisotopic (exact) mass is 353 g/mol. The fraction of sp³-hybridized carbons (Fsp3) is 0.143. The first kappa shape index (κ1) is 13.0. The molecule has 18 heavy (non-hydrogen) atoms. The number of hydrogen-bond acceptors (Lipinski definition) is 3. The van der Waals surface area contributed by atoms with Crippen molar-refractivity contribution in [2.45, 2.75) is 0 Å². The number of benzene rings is 2. The van der Waals surface area contributed by atoms with Gasteiger partial charge < -0.3 is 16.0 Å². The predicted molar refractivity (Wildman–Crippen MR) is 87.6 cm³/mol. The summed E-state index contributed by atoms with van der Waals surface area (Å²) in [4.78, 5) is 2.07. The van der Waals surface area contributed by atoms with Gasteiger partial charge in [-0.05, 0) is 59.0 Å². The molecule has 3 nitrogen and oxygen atoms in total. The van der Waals surface area contributed by atoms with Gasteiger partial charge in [-0.1, -0.05) is 6.07 Å². The molecule has 0 heterocycles. The van der Waals surface area contributed by atoms with E-state index in [9.17, 15) is 0 Å². The van der Waals surface area contributed by atoms with E-state index in [1.807, 2.05) is 44.4 Å². The van der Waals surface area contributed by atoms with Crippen molar-refractivity contribution in [1.82, 2.24) is 0 Å². The van der Waals surface area contributed by atoms with Crippen molar-refractivity contribution in [3.8, 4) is 0 Å². The number of halogens is 1. The van der Waals surface area contributed by atoms with Gasteiger partial charge >= 0.3 is 0 Å². The highest BCUT2D eigenvalue weighted by Gasteiger charge is 2.02. The molecule has 0 fully saturated rings. The molecule has 0 amide bonds. The lowest BCUT2D eigenvalue weighted by Gasteiger charge is -2.15. The largest absolute Gasteiger partial charge is 0.397 e. The molecule has 0 atom stereocenters. The van der Waals surface area contributed by atoms with Gasteiger partial charge in [0.2, 0.25) is 0 Å². The lowest BCUT2D eigenvalue weighted by molar-refractivity contribution is 1.13. The minimum absolute atomic E-state index is 0.761.